The SMILES string of the molecule is CC(C)NCCOCCOCCNC(C)C.CCCNCCOCCOCCNCCC.CCNCCOCCOCCNCC. The molecular formula is C34H80N6O6. The van der Waals surface area contributed by atoms with Crippen molar-refractivity contribution in [3.8, 4) is 0 Å². The van der Waals surface area contributed by atoms with Gasteiger partial charge in [0.25, 0.3) is 0 Å². The van der Waals surface area contributed by atoms with E-state index in [2.05, 4.69) is 87.3 Å². The van der Waals surface area contributed by atoms with Gasteiger partial charge in [0.1, 0.15) is 0 Å². The van der Waals surface area contributed by atoms with Crippen molar-refractivity contribution in [2.75, 3.05) is 145 Å². The fourth-order valence-electron chi connectivity index (χ4n) is 3.34. The van der Waals surface area contributed by atoms with E-state index in [9.17, 15) is 0 Å². The Balaban J connectivity index is -0.000000605. The zero-order valence-electron chi connectivity index (χ0n) is 31.6. The Kier molecular flexibility index (Phi) is 53.1. The minimum atomic E-state index is 0.530. The van der Waals surface area contributed by atoms with Crippen LogP contribution in [-0.4, -0.2) is 157 Å². The highest BCUT2D eigenvalue weighted by molar-refractivity contribution is 4.52. The Morgan fingerprint density at radius 3 is 0.826 bits per heavy atom. The molecule has 0 unspecified atom stereocenters. The van der Waals surface area contributed by atoms with Crippen molar-refractivity contribution in [3.05, 3.63) is 0 Å². The first-order valence-electron chi connectivity index (χ1n) is 18.2. The zero-order valence-corrected chi connectivity index (χ0v) is 31.6. The molecule has 0 heterocycles. The Morgan fingerprint density at radius 2 is 0.587 bits per heavy atom. The molecule has 0 aliphatic heterocycles. The van der Waals surface area contributed by atoms with Gasteiger partial charge in [-0.25, -0.2) is 0 Å². The molecule has 0 aromatic rings. The lowest BCUT2D eigenvalue weighted by molar-refractivity contribution is 0.0491. The predicted molar refractivity (Wildman–Crippen MR) is 195 cm³/mol. The third kappa shape index (κ3) is 59.0. The number of ether oxygens (including phenoxy) is 6. The standard InChI is InChI=1S/2C12H28N2O2.C10H24N2O2/c1-11(2)13-5-7-15-9-10-16-8-6-14-12(3)4;1-3-5-13-7-9-15-11-12-16-10-8-14-6-4-2;1-3-11-5-7-13-9-10-14-8-6-12-4-2/h11-14H,5-10H2,1-4H3;13-14H,3-12H2,1-2H3;11-12H,3-10H2,1-2H3. The molecular weight excluding hydrogens is 588 g/mol. The Labute approximate surface area is 285 Å². The van der Waals surface area contributed by atoms with Crippen molar-refractivity contribution in [3.63, 3.8) is 0 Å². The van der Waals surface area contributed by atoms with E-state index in [0.717, 1.165) is 105 Å². The van der Waals surface area contributed by atoms with Crippen LogP contribution in [0.15, 0.2) is 0 Å². The van der Waals surface area contributed by atoms with Crippen LogP contribution in [0.3, 0.4) is 0 Å². The summed E-state index contributed by atoms with van der Waals surface area (Å²) in [6.45, 7) is 35.4. The monoisotopic (exact) mass is 669 g/mol. The van der Waals surface area contributed by atoms with Gasteiger partial charge in [-0.1, -0.05) is 55.4 Å². The molecule has 0 aromatic carbocycles. The van der Waals surface area contributed by atoms with E-state index >= 15 is 0 Å². The first kappa shape index (κ1) is 49.9. The normalized spacial score (nSPS) is 11.1. The van der Waals surface area contributed by atoms with Gasteiger partial charge in [-0.2, -0.15) is 0 Å². The summed E-state index contributed by atoms with van der Waals surface area (Å²) in [6.07, 6.45) is 2.35. The highest BCUT2D eigenvalue weighted by atomic mass is 16.5. The van der Waals surface area contributed by atoms with Gasteiger partial charge in [0.2, 0.25) is 0 Å². The number of hydrogen-bond donors (Lipinski definition) is 6. The third-order valence-electron chi connectivity index (χ3n) is 5.76. The second kappa shape index (κ2) is 48.9. The lowest BCUT2D eigenvalue weighted by Crippen LogP contribution is -2.28. The molecule has 12 heteroatoms. The Hall–Kier alpha value is -0.480. The zero-order chi connectivity index (χ0) is 34.6. The van der Waals surface area contributed by atoms with E-state index in [-0.39, 0.29) is 0 Å². The van der Waals surface area contributed by atoms with Crippen LogP contribution in [-0.2, 0) is 28.4 Å². The maximum absolute atomic E-state index is 5.40. The molecule has 0 aliphatic rings. The smallest absolute Gasteiger partial charge is 0.0701 e. The fourth-order valence-corrected chi connectivity index (χ4v) is 3.34. The molecule has 0 amide bonds. The highest BCUT2D eigenvalue weighted by Crippen LogP contribution is 1.82. The molecule has 0 saturated heterocycles. The lowest BCUT2D eigenvalue weighted by Gasteiger charge is -2.10. The van der Waals surface area contributed by atoms with E-state index in [1.807, 2.05) is 0 Å². The van der Waals surface area contributed by atoms with Gasteiger partial charge in [0.05, 0.1) is 79.3 Å². The van der Waals surface area contributed by atoms with Crippen molar-refractivity contribution in [2.24, 2.45) is 0 Å². The van der Waals surface area contributed by atoms with Gasteiger partial charge in [0.15, 0.2) is 0 Å². The summed E-state index contributed by atoms with van der Waals surface area (Å²) in [6, 6.07) is 1.06. The summed E-state index contributed by atoms with van der Waals surface area (Å²) in [4.78, 5) is 0. The van der Waals surface area contributed by atoms with Gasteiger partial charge in [-0.3, -0.25) is 0 Å². The van der Waals surface area contributed by atoms with Gasteiger partial charge in [-0.15, -0.1) is 0 Å². The number of nitrogens with one attached hydrogen (secondary N) is 6. The number of rotatable bonds is 35. The molecule has 0 bridgehead atoms. The van der Waals surface area contributed by atoms with Gasteiger partial charge < -0.3 is 60.3 Å². The van der Waals surface area contributed by atoms with Crippen LogP contribution in [0.1, 0.15) is 68.2 Å². The van der Waals surface area contributed by atoms with Crippen LogP contribution < -0.4 is 31.9 Å². The maximum Gasteiger partial charge on any atom is 0.0701 e. The average Bonchev–Trinajstić information content (AvgIpc) is 3.04. The topological polar surface area (TPSA) is 128 Å². The second-order valence-electron chi connectivity index (χ2n) is 11.1. The van der Waals surface area contributed by atoms with Gasteiger partial charge in [0, 0.05) is 51.4 Å². The van der Waals surface area contributed by atoms with E-state index < -0.39 is 0 Å². The Morgan fingerprint density at radius 1 is 0.326 bits per heavy atom. The van der Waals surface area contributed by atoms with Crippen LogP contribution in [0.4, 0.5) is 0 Å². The largest absolute Gasteiger partial charge is 0.378 e. The molecule has 6 N–H and O–H groups in total. The van der Waals surface area contributed by atoms with Crippen LogP contribution in [0.5, 0.6) is 0 Å². The fraction of sp³-hybridized carbons (Fsp3) is 1.00. The minimum Gasteiger partial charge on any atom is -0.378 e. The summed E-state index contributed by atoms with van der Waals surface area (Å²) >= 11 is 0. The summed E-state index contributed by atoms with van der Waals surface area (Å²) in [7, 11) is 0. The van der Waals surface area contributed by atoms with Crippen LogP contribution in [0.25, 0.3) is 0 Å². The van der Waals surface area contributed by atoms with Crippen molar-refractivity contribution in [2.45, 2.75) is 80.3 Å². The molecule has 0 atom stereocenters. The lowest BCUT2D eigenvalue weighted by atomic mass is 10.4. The molecule has 0 aliphatic carbocycles. The van der Waals surface area contributed by atoms with Gasteiger partial charge >= 0.3 is 0 Å². The van der Waals surface area contributed by atoms with E-state index in [1.165, 1.54) is 12.8 Å². The summed E-state index contributed by atoms with van der Waals surface area (Å²) in [5.74, 6) is 0. The van der Waals surface area contributed by atoms with Crippen LogP contribution >= 0.6 is 0 Å². The Bertz CT molecular complexity index is 457. The first-order chi connectivity index (χ1) is 22.5. The number of likely N-dealkylation sites (N-methyl/N-ethyl adjacent to an activating group) is 2. The molecule has 0 fully saturated rings. The van der Waals surface area contributed by atoms with Crippen LogP contribution in [0, 0.1) is 0 Å². The molecule has 0 spiro atoms. The summed E-state index contributed by atoms with van der Waals surface area (Å²) in [5, 5.41) is 19.5. The molecule has 0 radical (unpaired) electrons. The molecule has 46 heavy (non-hydrogen) atoms. The average molecular weight is 669 g/mol. The quantitative estimate of drug-likeness (QED) is 0.0555. The summed E-state index contributed by atoms with van der Waals surface area (Å²) < 4.78 is 32.3. The van der Waals surface area contributed by atoms with Crippen molar-refractivity contribution in [1.82, 2.24) is 31.9 Å². The summed E-state index contributed by atoms with van der Waals surface area (Å²) in [5.41, 5.74) is 0. The molecule has 0 aromatic heterocycles. The van der Waals surface area contributed by atoms with E-state index in [0.29, 0.717) is 51.7 Å². The van der Waals surface area contributed by atoms with Crippen molar-refractivity contribution >= 4 is 0 Å². The second-order valence-corrected chi connectivity index (χ2v) is 11.1. The minimum absolute atomic E-state index is 0.530. The maximum atomic E-state index is 5.40. The highest BCUT2D eigenvalue weighted by Gasteiger charge is 1.95. The van der Waals surface area contributed by atoms with E-state index in [4.69, 9.17) is 28.4 Å². The van der Waals surface area contributed by atoms with Crippen molar-refractivity contribution < 1.29 is 28.4 Å². The van der Waals surface area contributed by atoms with Crippen molar-refractivity contribution in [1.29, 1.82) is 0 Å². The number of hydrogen-bond acceptors (Lipinski definition) is 12. The van der Waals surface area contributed by atoms with Crippen LogP contribution in [0.2, 0.25) is 0 Å². The third-order valence-corrected chi connectivity index (χ3v) is 5.76. The first-order valence-corrected chi connectivity index (χ1v) is 18.2. The molecule has 282 valence electrons. The predicted octanol–water partition coefficient (Wildman–Crippen LogP) is 2.27. The molecule has 0 rings (SSSR count). The molecule has 12 nitrogen and oxygen atoms in total. The molecule has 0 saturated carbocycles. The van der Waals surface area contributed by atoms with Gasteiger partial charge in [-0.05, 0) is 39.0 Å². The van der Waals surface area contributed by atoms with E-state index in [1.54, 1.807) is 0 Å².